The average Bonchev–Trinajstić information content (AvgIpc) is 2.41. The Labute approximate surface area is 114 Å². The van der Waals surface area contributed by atoms with Crippen LogP contribution in [0.4, 0.5) is 4.39 Å². The molecule has 3 nitrogen and oxygen atoms in total. The summed E-state index contributed by atoms with van der Waals surface area (Å²) in [5, 5.41) is 18.3. The standard InChI is InChI=1S/C14H21BFNO2/c1-2-12-5-3-4-8-17(12)10-11-6-7-14(16)13(9-11)15(18)19/h6-7,9,12,18-19H,2-5,8,10H2,1H3. The van der Waals surface area contributed by atoms with E-state index in [9.17, 15) is 4.39 Å². The molecule has 1 saturated heterocycles. The molecule has 19 heavy (non-hydrogen) atoms. The van der Waals surface area contributed by atoms with Gasteiger partial charge in [0, 0.05) is 18.0 Å². The molecule has 0 radical (unpaired) electrons. The maximum absolute atomic E-state index is 13.4. The van der Waals surface area contributed by atoms with Gasteiger partial charge < -0.3 is 10.0 Å². The lowest BCUT2D eigenvalue weighted by molar-refractivity contribution is 0.136. The second-order valence-electron chi connectivity index (χ2n) is 5.26. The van der Waals surface area contributed by atoms with Gasteiger partial charge in [0.2, 0.25) is 0 Å². The van der Waals surface area contributed by atoms with Crippen LogP contribution in [0.3, 0.4) is 0 Å². The second kappa shape index (κ2) is 6.50. The highest BCUT2D eigenvalue weighted by Gasteiger charge is 2.22. The van der Waals surface area contributed by atoms with E-state index in [2.05, 4.69) is 11.8 Å². The van der Waals surface area contributed by atoms with E-state index >= 15 is 0 Å². The van der Waals surface area contributed by atoms with Gasteiger partial charge in [-0.05, 0) is 37.4 Å². The monoisotopic (exact) mass is 265 g/mol. The minimum atomic E-state index is -1.75. The third kappa shape index (κ3) is 3.56. The van der Waals surface area contributed by atoms with Crippen molar-refractivity contribution in [3.8, 4) is 0 Å². The molecule has 1 aromatic carbocycles. The number of nitrogens with zero attached hydrogens (tertiary/aromatic N) is 1. The molecule has 1 aliphatic heterocycles. The van der Waals surface area contributed by atoms with Crippen LogP contribution in [0.25, 0.3) is 0 Å². The fourth-order valence-electron chi connectivity index (χ4n) is 2.85. The lowest BCUT2D eigenvalue weighted by Crippen LogP contribution is -2.39. The number of benzene rings is 1. The van der Waals surface area contributed by atoms with E-state index in [1.165, 1.54) is 25.3 Å². The molecule has 0 saturated carbocycles. The quantitative estimate of drug-likeness (QED) is 0.806. The zero-order valence-electron chi connectivity index (χ0n) is 11.3. The van der Waals surface area contributed by atoms with Crippen molar-refractivity contribution in [2.45, 2.75) is 45.2 Å². The van der Waals surface area contributed by atoms with Crippen LogP contribution >= 0.6 is 0 Å². The molecule has 0 spiro atoms. The molecule has 5 heteroatoms. The first-order valence-electron chi connectivity index (χ1n) is 7.00. The molecule has 1 aliphatic rings. The van der Waals surface area contributed by atoms with Crippen LogP contribution in [0.15, 0.2) is 18.2 Å². The van der Waals surface area contributed by atoms with Crippen molar-refractivity contribution in [3.05, 3.63) is 29.6 Å². The molecule has 0 aliphatic carbocycles. The van der Waals surface area contributed by atoms with Gasteiger partial charge in [-0.15, -0.1) is 0 Å². The molecule has 1 aromatic rings. The first-order valence-corrected chi connectivity index (χ1v) is 7.00. The zero-order valence-corrected chi connectivity index (χ0v) is 11.3. The average molecular weight is 265 g/mol. The molecule has 0 amide bonds. The Hall–Kier alpha value is -0.905. The summed E-state index contributed by atoms with van der Waals surface area (Å²) >= 11 is 0. The van der Waals surface area contributed by atoms with Crippen molar-refractivity contribution >= 4 is 12.6 Å². The predicted molar refractivity (Wildman–Crippen MR) is 74.6 cm³/mol. The third-order valence-corrected chi connectivity index (χ3v) is 3.94. The second-order valence-corrected chi connectivity index (χ2v) is 5.26. The maximum atomic E-state index is 13.4. The Bertz CT molecular complexity index is 428. The Morgan fingerprint density at radius 3 is 2.84 bits per heavy atom. The van der Waals surface area contributed by atoms with E-state index in [4.69, 9.17) is 10.0 Å². The molecule has 104 valence electrons. The van der Waals surface area contributed by atoms with Crippen LogP contribution in [0.1, 0.15) is 38.2 Å². The van der Waals surface area contributed by atoms with Crippen LogP contribution in [0.2, 0.25) is 0 Å². The van der Waals surface area contributed by atoms with Crippen LogP contribution in [0.5, 0.6) is 0 Å². The van der Waals surface area contributed by atoms with Gasteiger partial charge in [0.15, 0.2) is 0 Å². The maximum Gasteiger partial charge on any atom is 0.491 e. The minimum absolute atomic E-state index is 0.0393. The van der Waals surface area contributed by atoms with Crippen LogP contribution in [-0.2, 0) is 6.54 Å². The third-order valence-electron chi connectivity index (χ3n) is 3.94. The molecule has 1 heterocycles. The summed E-state index contributed by atoms with van der Waals surface area (Å²) in [6, 6.07) is 5.18. The summed E-state index contributed by atoms with van der Waals surface area (Å²) in [6.07, 6.45) is 4.82. The number of rotatable bonds is 4. The number of piperidine rings is 1. The van der Waals surface area contributed by atoms with E-state index in [1.54, 1.807) is 12.1 Å². The van der Waals surface area contributed by atoms with Crippen molar-refractivity contribution in [2.24, 2.45) is 0 Å². The predicted octanol–water partition coefficient (Wildman–Crippen LogP) is 1.27. The van der Waals surface area contributed by atoms with Crippen molar-refractivity contribution in [3.63, 3.8) is 0 Å². The highest BCUT2D eigenvalue weighted by Crippen LogP contribution is 2.21. The molecule has 1 fully saturated rings. The number of hydrogen-bond donors (Lipinski definition) is 2. The Balaban J connectivity index is 2.11. The molecular weight excluding hydrogens is 244 g/mol. The molecule has 1 atom stereocenters. The summed E-state index contributed by atoms with van der Waals surface area (Å²) in [5.41, 5.74) is 0.896. The summed E-state index contributed by atoms with van der Waals surface area (Å²) in [4.78, 5) is 2.41. The number of halogens is 1. The molecule has 0 aromatic heterocycles. The molecule has 0 bridgehead atoms. The summed E-state index contributed by atoms with van der Waals surface area (Å²) in [6.45, 7) is 4.00. The largest absolute Gasteiger partial charge is 0.491 e. The van der Waals surface area contributed by atoms with Gasteiger partial charge in [-0.1, -0.05) is 25.5 Å². The zero-order chi connectivity index (χ0) is 13.8. The van der Waals surface area contributed by atoms with Crippen molar-refractivity contribution in [1.29, 1.82) is 0 Å². The van der Waals surface area contributed by atoms with Crippen LogP contribution < -0.4 is 5.46 Å². The van der Waals surface area contributed by atoms with Gasteiger partial charge >= 0.3 is 7.12 Å². The van der Waals surface area contributed by atoms with Gasteiger partial charge in [-0.2, -0.15) is 0 Å². The first kappa shape index (κ1) is 14.5. The Kier molecular flexibility index (Phi) is 4.96. The van der Waals surface area contributed by atoms with E-state index < -0.39 is 12.9 Å². The van der Waals surface area contributed by atoms with Crippen LogP contribution in [0, 0.1) is 5.82 Å². The van der Waals surface area contributed by atoms with Crippen molar-refractivity contribution < 1.29 is 14.4 Å². The van der Waals surface area contributed by atoms with E-state index in [0.29, 0.717) is 6.04 Å². The molecule has 1 unspecified atom stereocenters. The lowest BCUT2D eigenvalue weighted by Gasteiger charge is -2.35. The van der Waals surface area contributed by atoms with Gasteiger partial charge in [0.25, 0.3) is 0 Å². The van der Waals surface area contributed by atoms with E-state index in [0.717, 1.165) is 25.1 Å². The normalized spacial score (nSPS) is 20.5. The van der Waals surface area contributed by atoms with Crippen molar-refractivity contribution in [2.75, 3.05) is 6.54 Å². The summed E-state index contributed by atoms with van der Waals surface area (Å²) in [5.74, 6) is -0.565. The fraction of sp³-hybridized carbons (Fsp3) is 0.571. The van der Waals surface area contributed by atoms with Gasteiger partial charge in [-0.25, -0.2) is 4.39 Å². The topological polar surface area (TPSA) is 43.7 Å². The van der Waals surface area contributed by atoms with E-state index in [-0.39, 0.29) is 5.46 Å². The van der Waals surface area contributed by atoms with Crippen LogP contribution in [-0.4, -0.2) is 34.7 Å². The molecule has 2 rings (SSSR count). The molecular formula is C14H21BFNO2. The number of hydrogen-bond acceptors (Lipinski definition) is 3. The lowest BCUT2D eigenvalue weighted by atomic mass is 9.79. The SMILES string of the molecule is CCC1CCCCN1Cc1ccc(F)c(B(O)O)c1. The molecule has 2 N–H and O–H groups in total. The minimum Gasteiger partial charge on any atom is -0.423 e. The van der Waals surface area contributed by atoms with Gasteiger partial charge in [-0.3, -0.25) is 4.90 Å². The summed E-state index contributed by atoms with van der Waals surface area (Å²) in [7, 11) is -1.75. The fourth-order valence-corrected chi connectivity index (χ4v) is 2.85. The van der Waals surface area contributed by atoms with Gasteiger partial charge in [0.05, 0.1) is 0 Å². The van der Waals surface area contributed by atoms with E-state index in [1.807, 2.05) is 0 Å². The summed E-state index contributed by atoms with van der Waals surface area (Å²) < 4.78 is 13.4. The van der Waals surface area contributed by atoms with Crippen molar-refractivity contribution in [1.82, 2.24) is 4.90 Å². The highest BCUT2D eigenvalue weighted by molar-refractivity contribution is 6.58. The van der Waals surface area contributed by atoms with Gasteiger partial charge in [0.1, 0.15) is 5.82 Å². The first-order chi connectivity index (χ1) is 9.11. The number of likely N-dealkylation sites (tertiary alicyclic amines) is 1. The smallest absolute Gasteiger partial charge is 0.423 e. The highest BCUT2D eigenvalue weighted by atomic mass is 19.1. The Morgan fingerprint density at radius 2 is 2.16 bits per heavy atom. The Morgan fingerprint density at radius 1 is 1.37 bits per heavy atom.